The van der Waals surface area contributed by atoms with Gasteiger partial charge in [0.25, 0.3) is 0 Å². The van der Waals surface area contributed by atoms with Crippen molar-refractivity contribution in [1.82, 2.24) is 4.98 Å². The molecule has 2 aromatic rings. The van der Waals surface area contributed by atoms with E-state index in [1.54, 1.807) is 0 Å². The Morgan fingerprint density at radius 1 is 1.37 bits per heavy atom. The minimum Gasteiger partial charge on any atom is -0.481 e. The van der Waals surface area contributed by atoms with E-state index in [1.807, 2.05) is 30.5 Å². The van der Waals surface area contributed by atoms with Crippen LogP contribution in [0.5, 0.6) is 0 Å². The number of fused-ring (bicyclic) bond motifs is 1. The number of aromatic nitrogens is 1. The van der Waals surface area contributed by atoms with Crippen LogP contribution in [0.25, 0.3) is 10.9 Å². The molecule has 3 heteroatoms. The molecule has 0 radical (unpaired) electrons. The van der Waals surface area contributed by atoms with E-state index in [2.05, 4.69) is 18.8 Å². The molecule has 0 fully saturated rings. The van der Waals surface area contributed by atoms with Crippen LogP contribution in [0.15, 0.2) is 30.5 Å². The summed E-state index contributed by atoms with van der Waals surface area (Å²) in [4.78, 5) is 14.7. The molecule has 1 aromatic carbocycles. The van der Waals surface area contributed by atoms with Crippen molar-refractivity contribution in [2.24, 2.45) is 5.92 Å². The van der Waals surface area contributed by atoms with E-state index in [4.69, 9.17) is 0 Å². The second-order valence-electron chi connectivity index (χ2n) is 5.31. The molecular formula is C16H21NO2. The lowest BCUT2D eigenvalue weighted by Gasteiger charge is -2.16. The smallest absolute Gasteiger partial charge is 0.311 e. The van der Waals surface area contributed by atoms with Gasteiger partial charge in [-0.3, -0.25) is 4.79 Å². The summed E-state index contributed by atoms with van der Waals surface area (Å²) >= 11 is 0. The van der Waals surface area contributed by atoms with Crippen molar-refractivity contribution in [2.75, 3.05) is 0 Å². The normalized spacial score (nSPS) is 14.4. The van der Waals surface area contributed by atoms with E-state index in [9.17, 15) is 9.90 Å². The summed E-state index contributed by atoms with van der Waals surface area (Å²) < 4.78 is 0. The number of carboxylic acids is 1. The molecule has 0 aliphatic heterocycles. The largest absolute Gasteiger partial charge is 0.481 e. The van der Waals surface area contributed by atoms with Gasteiger partial charge in [0.15, 0.2) is 0 Å². The van der Waals surface area contributed by atoms with E-state index >= 15 is 0 Å². The molecule has 2 rings (SSSR count). The van der Waals surface area contributed by atoms with Crippen molar-refractivity contribution >= 4 is 16.9 Å². The lowest BCUT2D eigenvalue weighted by molar-refractivity contribution is -0.139. The average molecular weight is 259 g/mol. The Morgan fingerprint density at radius 3 is 2.79 bits per heavy atom. The third-order valence-corrected chi connectivity index (χ3v) is 3.71. The van der Waals surface area contributed by atoms with Gasteiger partial charge in [-0.1, -0.05) is 44.9 Å². The molecule has 0 amide bonds. The third kappa shape index (κ3) is 2.98. The molecule has 0 aliphatic rings. The number of aliphatic carboxylic acids is 1. The lowest BCUT2D eigenvalue weighted by Crippen LogP contribution is -2.14. The Morgan fingerprint density at radius 2 is 2.11 bits per heavy atom. The Bertz CT molecular complexity index is 559. The van der Waals surface area contributed by atoms with Gasteiger partial charge in [-0.05, 0) is 24.0 Å². The lowest BCUT2D eigenvalue weighted by atomic mass is 9.87. The van der Waals surface area contributed by atoms with Gasteiger partial charge in [-0.25, -0.2) is 0 Å². The van der Waals surface area contributed by atoms with Crippen LogP contribution < -0.4 is 0 Å². The minimum absolute atomic E-state index is 0.419. The fourth-order valence-corrected chi connectivity index (χ4v) is 2.76. The molecule has 0 bridgehead atoms. The Balaban J connectivity index is 2.31. The van der Waals surface area contributed by atoms with Gasteiger partial charge in [0.2, 0.25) is 0 Å². The summed E-state index contributed by atoms with van der Waals surface area (Å²) in [5, 5.41) is 10.5. The Hall–Kier alpha value is -1.77. The van der Waals surface area contributed by atoms with Crippen LogP contribution in [0.1, 0.15) is 44.6 Å². The predicted octanol–water partition coefficient (Wildman–Crippen LogP) is 4.16. The van der Waals surface area contributed by atoms with Crippen molar-refractivity contribution in [3.63, 3.8) is 0 Å². The summed E-state index contributed by atoms with van der Waals surface area (Å²) in [6.07, 6.45) is 4.72. The van der Waals surface area contributed by atoms with Crippen LogP contribution in [0, 0.1) is 5.92 Å². The van der Waals surface area contributed by atoms with Gasteiger partial charge >= 0.3 is 5.97 Å². The maximum Gasteiger partial charge on any atom is 0.311 e. The molecule has 0 saturated heterocycles. The van der Waals surface area contributed by atoms with Crippen molar-refractivity contribution < 1.29 is 9.90 Å². The fourth-order valence-electron chi connectivity index (χ4n) is 2.76. The molecule has 0 aliphatic carbocycles. The standard InChI is InChI=1S/C16H21NO2/c1-3-6-11(2)9-13(16(18)19)14-10-17-15-8-5-4-7-12(14)15/h4-5,7-8,10-11,13,17H,3,6,9H2,1-2H3,(H,18,19). The van der Waals surface area contributed by atoms with E-state index in [0.29, 0.717) is 12.3 Å². The molecular weight excluding hydrogens is 238 g/mol. The first-order valence-electron chi connectivity index (χ1n) is 6.92. The second-order valence-corrected chi connectivity index (χ2v) is 5.31. The molecule has 102 valence electrons. The number of benzene rings is 1. The SMILES string of the molecule is CCCC(C)CC(C(=O)O)c1c[nH]c2ccccc12. The first-order chi connectivity index (χ1) is 9.13. The zero-order chi connectivity index (χ0) is 13.8. The number of hydrogen-bond acceptors (Lipinski definition) is 1. The second kappa shape index (κ2) is 5.91. The van der Waals surface area contributed by atoms with E-state index in [0.717, 1.165) is 29.3 Å². The average Bonchev–Trinajstić information content (AvgIpc) is 2.79. The van der Waals surface area contributed by atoms with E-state index in [1.165, 1.54) is 0 Å². The Labute approximate surface area is 113 Å². The van der Waals surface area contributed by atoms with Crippen LogP contribution in [0.2, 0.25) is 0 Å². The van der Waals surface area contributed by atoms with Crippen LogP contribution in [-0.4, -0.2) is 16.1 Å². The summed E-state index contributed by atoms with van der Waals surface area (Å²) in [5.41, 5.74) is 1.91. The topological polar surface area (TPSA) is 53.1 Å². The summed E-state index contributed by atoms with van der Waals surface area (Å²) in [5.74, 6) is -0.717. The fraction of sp³-hybridized carbons (Fsp3) is 0.438. The van der Waals surface area contributed by atoms with Gasteiger partial charge in [-0.2, -0.15) is 0 Å². The Kier molecular flexibility index (Phi) is 4.25. The highest BCUT2D eigenvalue weighted by atomic mass is 16.4. The number of aromatic amines is 1. The van der Waals surface area contributed by atoms with Crippen LogP contribution in [0.3, 0.4) is 0 Å². The van der Waals surface area contributed by atoms with E-state index < -0.39 is 11.9 Å². The minimum atomic E-state index is -0.729. The third-order valence-electron chi connectivity index (χ3n) is 3.71. The summed E-state index contributed by atoms with van der Waals surface area (Å²) in [6, 6.07) is 7.88. The molecule has 19 heavy (non-hydrogen) atoms. The molecule has 0 saturated carbocycles. The van der Waals surface area contributed by atoms with Crippen LogP contribution in [-0.2, 0) is 4.79 Å². The molecule has 1 aromatic heterocycles. The van der Waals surface area contributed by atoms with Gasteiger partial charge < -0.3 is 10.1 Å². The highest BCUT2D eigenvalue weighted by Crippen LogP contribution is 2.31. The van der Waals surface area contributed by atoms with Crippen molar-refractivity contribution in [3.05, 3.63) is 36.0 Å². The zero-order valence-electron chi connectivity index (χ0n) is 11.5. The number of nitrogens with one attached hydrogen (secondary N) is 1. The van der Waals surface area contributed by atoms with Gasteiger partial charge in [0, 0.05) is 17.1 Å². The van der Waals surface area contributed by atoms with Crippen molar-refractivity contribution in [2.45, 2.75) is 39.0 Å². The highest BCUT2D eigenvalue weighted by Gasteiger charge is 2.24. The molecule has 2 unspecified atom stereocenters. The predicted molar refractivity (Wildman–Crippen MR) is 77.4 cm³/mol. The number of H-pyrrole nitrogens is 1. The van der Waals surface area contributed by atoms with Crippen molar-refractivity contribution in [1.29, 1.82) is 0 Å². The number of para-hydroxylation sites is 1. The molecule has 2 atom stereocenters. The number of hydrogen-bond donors (Lipinski definition) is 2. The first kappa shape index (κ1) is 13.7. The van der Waals surface area contributed by atoms with E-state index in [-0.39, 0.29) is 0 Å². The molecule has 3 nitrogen and oxygen atoms in total. The monoisotopic (exact) mass is 259 g/mol. The molecule has 1 heterocycles. The number of carboxylic acid groups (broad SMARTS) is 1. The molecule has 0 spiro atoms. The van der Waals surface area contributed by atoms with Gasteiger partial charge in [0.1, 0.15) is 0 Å². The quantitative estimate of drug-likeness (QED) is 0.818. The van der Waals surface area contributed by atoms with Crippen LogP contribution in [0.4, 0.5) is 0 Å². The maximum atomic E-state index is 11.6. The van der Waals surface area contributed by atoms with Crippen molar-refractivity contribution in [3.8, 4) is 0 Å². The number of rotatable bonds is 6. The van der Waals surface area contributed by atoms with Crippen LogP contribution >= 0.6 is 0 Å². The number of carbonyl (C=O) groups is 1. The highest BCUT2D eigenvalue weighted by molar-refractivity contribution is 5.89. The van der Waals surface area contributed by atoms with Gasteiger partial charge in [0.05, 0.1) is 5.92 Å². The zero-order valence-corrected chi connectivity index (χ0v) is 11.5. The first-order valence-corrected chi connectivity index (χ1v) is 6.92. The molecule has 2 N–H and O–H groups in total. The maximum absolute atomic E-state index is 11.6. The van der Waals surface area contributed by atoms with Gasteiger partial charge in [-0.15, -0.1) is 0 Å². The summed E-state index contributed by atoms with van der Waals surface area (Å²) in [7, 11) is 0. The summed E-state index contributed by atoms with van der Waals surface area (Å²) in [6.45, 7) is 4.27.